The fraction of sp³-hybridized carbons (Fsp3) is 0.209. The Hall–Kier alpha value is -6.34. The highest BCUT2D eigenvalue weighted by Gasteiger charge is 2.31. The standard InChI is InChI=1S/C31H31N9O2S.C6H6BFO2.C6H7BO2/c41-27(39-13-15-40(16-14-39)31-34-18-26(43-31)29-32-10-4-11-33-29)20-38-12-9-22(19-38)30(42)35-23-7-8-25-24(17-23)28(37-36-25)21-5-2-1-3-6-21;8-6-3-1-5(2-4-6)7(9)10;8-7(9)6-4-2-1-3-5-6/h1-8,10-11,17-18,22H,9,12-16,19-20H2,(H,35,42)(H,36,37);1-4,9-10H;1-5,8-9H/t22-;;/m1../s1. The number of fused-ring (bicyclic) bond motifs is 1. The van der Waals surface area contributed by atoms with Gasteiger partial charge in [0.15, 0.2) is 11.0 Å². The lowest BCUT2D eigenvalue weighted by Crippen LogP contribution is -2.51. The molecule has 0 unspecified atom stereocenters. The van der Waals surface area contributed by atoms with Crippen molar-refractivity contribution in [3.05, 3.63) is 134 Å². The first kappa shape index (κ1) is 43.7. The van der Waals surface area contributed by atoms with Crippen LogP contribution in [0, 0.1) is 11.7 Å². The first-order chi connectivity index (χ1) is 30.1. The van der Waals surface area contributed by atoms with Crippen LogP contribution in [0.25, 0.3) is 32.9 Å². The van der Waals surface area contributed by atoms with Crippen LogP contribution in [0.2, 0.25) is 0 Å². The average Bonchev–Trinajstić information content (AvgIpc) is 4.09. The van der Waals surface area contributed by atoms with E-state index in [0.717, 1.165) is 63.9 Å². The number of hydrogen-bond donors (Lipinski definition) is 6. The van der Waals surface area contributed by atoms with Crippen LogP contribution in [0.1, 0.15) is 6.42 Å². The van der Waals surface area contributed by atoms with Crippen molar-refractivity contribution in [3.63, 3.8) is 0 Å². The molecule has 0 spiro atoms. The van der Waals surface area contributed by atoms with E-state index in [9.17, 15) is 14.0 Å². The van der Waals surface area contributed by atoms with Gasteiger partial charge < -0.3 is 35.2 Å². The van der Waals surface area contributed by atoms with Crippen molar-refractivity contribution in [1.82, 2.24) is 34.9 Å². The Kier molecular flexibility index (Phi) is 14.8. The summed E-state index contributed by atoms with van der Waals surface area (Å²) in [5.41, 5.74) is 4.36. The third-order valence-electron chi connectivity index (χ3n) is 10.3. The molecule has 6 N–H and O–H groups in total. The van der Waals surface area contributed by atoms with E-state index < -0.39 is 14.2 Å². The van der Waals surface area contributed by atoms with Crippen molar-refractivity contribution in [3.8, 4) is 22.0 Å². The molecule has 2 aliphatic heterocycles. The summed E-state index contributed by atoms with van der Waals surface area (Å²) in [4.78, 5) is 46.6. The van der Waals surface area contributed by atoms with E-state index in [4.69, 9.17) is 20.1 Å². The van der Waals surface area contributed by atoms with Gasteiger partial charge in [0.25, 0.3) is 0 Å². The molecule has 1 atom stereocenters. The summed E-state index contributed by atoms with van der Waals surface area (Å²) in [6.07, 6.45) is 5.99. The smallest absolute Gasteiger partial charge is 0.423 e. The number of thiazole rings is 1. The minimum absolute atomic E-state index is 0.0172. The maximum atomic E-state index is 13.2. The summed E-state index contributed by atoms with van der Waals surface area (Å²) in [5.74, 6) is 0.220. The molecule has 9 rings (SSSR count). The number of hydrogen-bond acceptors (Lipinski definition) is 13. The number of carbonyl (C=O) groups excluding carboxylic acids is 2. The molecule has 316 valence electrons. The Labute approximate surface area is 361 Å². The molecule has 2 saturated heterocycles. The van der Waals surface area contributed by atoms with E-state index in [-0.39, 0.29) is 23.5 Å². The number of nitrogens with zero attached hydrogens (tertiary/aromatic N) is 7. The first-order valence-corrected chi connectivity index (χ1v) is 20.8. The van der Waals surface area contributed by atoms with Crippen molar-refractivity contribution in [2.45, 2.75) is 6.42 Å². The summed E-state index contributed by atoms with van der Waals surface area (Å²) in [7, 11) is -2.85. The van der Waals surface area contributed by atoms with Gasteiger partial charge in [-0.05, 0) is 60.3 Å². The molecule has 19 heteroatoms. The number of anilines is 2. The van der Waals surface area contributed by atoms with Gasteiger partial charge >= 0.3 is 14.2 Å². The highest BCUT2D eigenvalue weighted by molar-refractivity contribution is 7.18. The summed E-state index contributed by atoms with van der Waals surface area (Å²) in [6, 6.07) is 31.2. The summed E-state index contributed by atoms with van der Waals surface area (Å²) < 4.78 is 12.2. The van der Waals surface area contributed by atoms with Gasteiger partial charge in [0.2, 0.25) is 11.8 Å². The number of benzene rings is 4. The Morgan fingerprint density at radius 1 is 0.790 bits per heavy atom. The van der Waals surface area contributed by atoms with Crippen LogP contribution < -0.4 is 21.1 Å². The van der Waals surface area contributed by atoms with Gasteiger partial charge in [-0.2, -0.15) is 5.10 Å². The van der Waals surface area contributed by atoms with E-state index in [0.29, 0.717) is 42.9 Å². The predicted molar refractivity (Wildman–Crippen MR) is 239 cm³/mol. The minimum atomic E-state index is -1.51. The molecule has 0 saturated carbocycles. The van der Waals surface area contributed by atoms with E-state index in [1.807, 2.05) is 65.7 Å². The van der Waals surface area contributed by atoms with Crippen molar-refractivity contribution in [2.24, 2.45) is 5.92 Å². The number of nitrogens with one attached hydrogen (secondary N) is 2. The molecule has 15 nitrogen and oxygen atoms in total. The summed E-state index contributed by atoms with van der Waals surface area (Å²) in [6.45, 7) is 4.39. The predicted octanol–water partition coefficient (Wildman–Crippen LogP) is 2.62. The topological polar surface area (TPSA) is 204 Å². The van der Waals surface area contributed by atoms with E-state index in [2.05, 4.69) is 40.3 Å². The molecule has 0 radical (unpaired) electrons. The van der Waals surface area contributed by atoms with Crippen LogP contribution in [0.4, 0.5) is 15.2 Å². The number of aromatic amines is 1. The SMILES string of the molecule is O=C(Nc1ccc2[nH]nc(-c3ccccc3)c2c1)[C@@H]1CCN(CC(=O)N2CCN(c3ncc(-c4ncccn4)s3)CC2)C1.OB(O)c1ccc(F)cc1.OB(O)c1ccccc1. The summed E-state index contributed by atoms with van der Waals surface area (Å²) in [5, 5.41) is 46.8. The largest absolute Gasteiger partial charge is 0.488 e. The van der Waals surface area contributed by atoms with Gasteiger partial charge in [-0.3, -0.25) is 19.6 Å². The second-order valence-electron chi connectivity index (χ2n) is 14.6. The van der Waals surface area contributed by atoms with Gasteiger partial charge in [-0.25, -0.2) is 19.3 Å². The monoisotopic (exact) mass is 855 g/mol. The molecule has 62 heavy (non-hydrogen) atoms. The highest BCUT2D eigenvalue weighted by atomic mass is 32.1. The van der Waals surface area contributed by atoms with E-state index in [1.165, 1.54) is 24.3 Å². The fourth-order valence-corrected chi connectivity index (χ4v) is 7.90. The summed E-state index contributed by atoms with van der Waals surface area (Å²) >= 11 is 1.57. The van der Waals surface area contributed by atoms with Gasteiger partial charge in [0.05, 0.1) is 34.7 Å². The zero-order valence-electron chi connectivity index (χ0n) is 33.5. The molecule has 2 fully saturated rings. The zero-order valence-corrected chi connectivity index (χ0v) is 34.4. The van der Waals surface area contributed by atoms with Crippen LogP contribution in [0.15, 0.2) is 128 Å². The van der Waals surface area contributed by atoms with Gasteiger partial charge in [0, 0.05) is 61.8 Å². The van der Waals surface area contributed by atoms with Crippen LogP contribution in [0.3, 0.4) is 0 Å². The average molecular weight is 856 g/mol. The Morgan fingerprint density at radius 3 is 2.11 bits per heavy atom. The lowest BCUT2D eigenvalue weighted by atomic mass is 9.80. The van der Waals surface area contributed by atoms with E-state index >= 15 is 0 Å². The number of likely N-dealkylation sites (tertiary alicyclic amines) is 1. The molecule has 2 aliphatic rings. The zero-order chi connectivity index (χ0) is 43.4. The number of carbonyl (C=O) groups is 2. The van der Waals surface area contributed by atoms with Crippen molar-refractivity contribution < 1.29 is 34.1 Å². The van der Waals surface area contributed by atoms with Crippen LogP contribution >= 0.6 is 11.3 Å². The van der Waals surface area contributed by atoms with E-state index in [1.54, 1.807) is 54.1 Å². The van der Waals surface area contributed by atoms with Crippen LogP contribution in [0.5, 0.6) is 0 Å². The number of piperazine rings is 1. The number of aromatic nitrogens is 5. The molecule has 0 aliphatic carbocycles. The molecular weight excluding hydrogens is 811 g/mol. The number of rotatable bonds is 9. The molecule has 7 aromatic rings. The second kappa shape index (κ2) is 21.0. The minimum Gasteiger partial charge on any atom is -0.423 e. The lowest BCUT2D eigenvalue weighted by molar-refractivity contribution is -0.132. The highest BCUT2D eigenvalue weighted by Crippen LogP contribution is 2.30. The molecule has 0 bridgehead atoms. The second-order valence-corrected chi connectivity index (χ2v) is 15.6. The van der Waals surface area contributed by atoms with Crippen molar-refractivity contribution in [2.75, 3.05) is 56.0 Å². The quantitative estimate of drug-likeness (QED) is 0.116. The normalized spacial score (nSPS) is 15.0. The Balaban J connectivity index is 0.000000250. The third-order valence-corrected chi connectivity index (χ3v) is 11.4. The van der Waals surface area contributed by atoms with Gasteiger partial charge in [0.1, 0.15) is 5.82 Å². The van der Waals surface area contributed by atoms with Crippen molar-refractivity contribution in [1.29, 1.82) is 0 Å². The molecule has 4 aromatic carbocycles. The van der Waals surface area contributed by atoms with Gasteiger partial charge in [-0.15, -0.1) is 0 Å². The molecule has 2 amide bonds. The van der Waals surface area contributed by atoms with Crippen molar-refractivity contribution >= 4 is 70.0 Å². The molecule has 5 heterocycles. The number of halogens is 1. The van der Waals surface area contributed by atoms with Crippen LogP contribution in [-0.2, 0) is 9.59 Å². The number of H-pyrrole nitrogens is 1. The third kappa shape index (κ3) is 11.5. The first-order valence-electron chi connectivity index (χ1n) is 20.0. The maximum Gasteiger partial charge on any atom is 0.488 e. The maximum absolute atomic E-state index is 13.2. The Morgan fingerprint density at radius 2 is 1.45 bits per heavy atom. The lowest BCUT2D eigenvalue weighted by Gasteiger charge is -2.35. The molecular formula is C43H44B2FN9O6S. The Bertz CT molecular complexity index is 2510. The van der Waals surface area contributed by atoms with Crippen LogP contribution in [-0.4, -0.2) is 127 Å². The molecule has 3 aromatic heterocycles. The fourth-order valence-electron chi connectivity index (χ4n) is 6.98. The number of amides is 2. The van der Waals surface area contributed by atoms with Gasteiger partial charge in [-0.1, -0.05) is 84.1 Å².